The molecule has 0 aromatic heterocycles. The molecule has 0 aromatic rings. The van der Waals surface area contributed by atoms with Crippen molar-refractivity contribution in [3.05, 3.63) is 97.2 Å². The number of rotatable bonds is 32. The molecule has 0 aliphatic carbocycles. The van der Waals surface area contributed by atoms with Crippen LogP contribution in [0.3, 0.4) is 0 Å². The van der Waals surface area contributed by atoms with E-state index in [1.54, 1.807) is 0 Å². The zero-order valence-electron chi connectivity index (χ0n) is 30.7. The van der Waals surface area contributed by atoms with Gasteiger partial charge in [-0.1, -0.05) is 124 Å². The van der Waals surface area contributed by atoms with E-state index in [2.05, 4.69) is 116 Å². The lowest BCUT2D eigenvalue weighted by Crippen LogP contribution is -2.29. The minimum Gasteiger partial charge on any atom is -0.462 e. The average molecular weight is 717 g/mol. The van der Waals surface area contributed by atoms with Crippen molar-refractivity contribution in [2.75, 3.05) is 13.2 Å². The molecule has 0 radical (unpaired) electrons. The number of carbonyl (C=O) groups is 2. The number of ether oxygens (including phenoxy) is 2. The van der Waals surface area contributed by atoms with E-state index < -0.39 is 32.5 Å². The Bertz CT molecular complexity index is 1120. The Labute approximate surface area is 303 Å². The van der Waals surface area contributed by atoms with Gasteiger partial charge in [0.1, 0.15) is 6.61 Å². The molecule has 0 aliphatic rings. The van der Waals surface area contributed by atoms with Gasteiger partial charge in [0.05, 0.1) is 6.61 Å². The third kappa shape index (κ3) is 37.8. The predicted octanol–water partition coefficient (Wildman–Crippen LogP) is 11.1. The molecule has 0 aromatic carbocycles. The van der Waals surface area contributed by atoms with E-state index in [0.29, 0.717) is 12.8 Å². The minimum atomic E-state index is -4.77. The maximum atomic E-state index is 12.3. The third-order valence-corrected chi connectivity index (χ3v) is 7.58. The van der Waals surface area contributed by atoms with Crippen LogP contribution in [0.4, 0.5) is 0 Å². The first-order chi connectivity index (χ1) is 24.3. The molecule has 0 rings (SSSR count). The van der Waals surface area contributed by atoms with Crippen molar-refractivity contribution in [3.8, 4) is 0 Å². The maximum absolute atomic E-state index is 12.3. The van der Waals surface area contributed by atoms with E-state index in [-0.39, 0.29) is 19.4 Å². The predicted molar refractivity (Wildman–Crippen MR) is 206 cm³/mol. The Morgan fingerprint density at radius 2 is 0.900 bits per heavy atom. The number of allylic oxidation sites excluding steroid dienone is 16. The Morgan fingerprint density at radius 3 is 1.36 bits per heavy atom. The Hall–Kier alpha value is -3.03. The molecule has 1 atom stereocenters. The number of esters is 2. The molecular weight excluding hydrogens is 651 g/mol. The van der Waals surface area contributed by atoms with E-state index in [9.17, 15) is 14.2 Å². The van der Waals surface area contributed by atoms with Crippen LogP contribution < -0.4 is 0 Å². The quantitative estimate of drug-likeness (QED) is 0.0305. The molecule has 0 bridgehead atoms. The summed E-state index contributed by atoms with van der Waals surface area (Å²) in [5.41, 5.74) is 0. The van der Waals surface area contributed by atoms with Gasteiger partial charge in [0, 0.05) is 12.8 Å². The number of hydrogen-bond donors (Lipinski definition) is 2. The summed E-state index contributed by atoms with van der Waals surface area (Å²) in [6, 6.07) is 0. The molecule has 50 heavy (non-hydrogen) atoms. The van der Waals surface area contributed by atoms with Crippen molar-refractivity contribution in [1.82, 2.24) is 0 Å². The summed E-state index contributed by atoms with van der Waals surface area (Å²) < 4.78 is 26.2. The molecule has 0 saturated heterocycles. The highest BCUT2D eigenvalue weighted by Crippen LogP contribution is 2.35. The first-order valence-corrected chi connectivity index (χ1v) is 20.1. The number of phosphoric acid groups is 1. The molecule has 0 fully saturated rings. The van der Waals surface area contributed by atoms with Gasteiger partial charge in [-0.05, 0) is 89.9 Å². The molecule has 0 unspecified atom stereocenters. The molecule has 2 N–H and O–H groups in total. The van der Waals surface area contributed by atoms with E-state index in [1.165, 1.54) is 0 Å². The smallest absolute Gasteiger partial charge is 0.462 e. The number of phosphoric ester groups is 1. The van der Waals surface area contributed by atoms with E-state index in [0.717, 1.165) is 89.9 Å². The molecule has 0 heterocycles. The van der Waals surface area contributed by atoms with E-state index >= 15 is 0 Å². The largest absolute Gasteiger partial charge is 0.469 e. The fraction of sp³-hybridized carbons (Fsp3) is 0.561. The third-order valence-electron chi connectivity index (χ3n) is 7.10. The van der Waals surface area contributed by atoms with Gasteiger partial charge >= 0.3 is 19.8 Å². The number of unbranched alkanes of at least 4 members (excludes halogenated alkanes) is 6. The maximum Gasteiger partial charge on any atom is 0.469 e. The Kier molecular flexibility index (Phi) is 33.6. The van der Waals surface area contributed by atoms with E-state index in [4.69, 9.17) is 19.3 Å². The summed E-state index contributed by atoms with van der Waals surface area (Å²) in [5.74, 6) is -0.974. The minimum absolute atomic E-state index is 0.148. The highest BCUT2D eigenvalue weighted by Gasteiger charge is 2.22. The van der Waals surface area contributed by atoms with Crippen molar-refractivity contribution in [3.63, 3.8) is 0 Å². The lowest BCUT2D eigenvalue weighted by atomic mass is 10.1. The fourth-order valence-corrected chi connectivity index (χ4v) is 4.77. The average Bonchev–Trinajstić information content (AvgIpc) is 3.08. The van der Waals surface area contributed by atoms with Gasteiger partial charge in [-0.2, -0.15) is 0 Å². The van der Waals surface area contributed by atoms with Crippen molar-refractivity contribution < 1.29 is 37.9 Å². The van der Waals surface area contributed by atoms with Crippen LogP contribution in [-0.4, -0.2) is 41.0 Å². The van der Waals surface area contributed by atoms with Crippen molar-refractivity contribution >= 4 is 19.8 Å². The van der Waals surface area contributed by atoms with Crippen LogP contribution in [-0.2, 0) is 28.2 Å². The molecule has 8 nitrogen and oxygen atoms in total. The van der Waals surface area contributed by atoms with E-state index in [1.807, 2.05) is 0 Å². The SMILES string of the molecule is CC/C=C\C/C=C\C/C=C\C/C=C\CCCCCCC(=O)OC[C@H](COP(=O)(O)O)OC(=O)CCCC/C=C\C/C=C\C/C=C\C/C=C\CC. The molecule has 0 aliphatic heterocycles. The zero-order valence-corrected chi connectivity index (χ0v) is 31.6. The highest BCUT2D eigenvalue weighted by atomic mass is 31.2. The fourth-order valence-electron chi connectivity index (χ4n) is 4.41. The molecule has 0 saturated carbocycles. The monoisotopic (exact) mass is 716 g/mol. The second-order valence-electron chi connectivity index (χ2n) is 11.8. The summed E-state index contributed by atoms with van der Waals surface area (Å²) >= 11 is 0. The summed E-state index contributed by atoms with van der Waals surface area (Å²) in [7, 11) is -4.77. The molecule has 282 valence electrons. The first-order valence-electron chi connectivity index (χ1n) is 18.5. The molecule has 0 amide bonds. The summed E-state index contributed by atoms with van der Waals surface area (Å²) in [4.78, 5) is 42.7. The van der Waals surface area contributed by atoms with Crippen molar-refractivity contribution in [2.45, 2.75) is 136 Å². The topological polar surface area (TPSA) is 119 Å². The van der Waals surface area contributed by atoms with Crippen LogP contribution in [0, 0.1) is 0 Å². The summed E-state index contributed by atoms with van der Waals surface area (Å²) in [6.07, 6.45) is 48.4. The zero-order chi connectivity index (χ0) is 36.8. The standard InChI is InChI=1S/C41H65O8P/c1-3-5-7-9-11-13-15-17-19-20-22-23-25-27-29-31-33-35-40(42)47-37-39(38-48-50(44,45)46)49-41(43)36-34-32-30-28-26-24-21-18-16-14-12-10-8-6-4-2/h5-8,11-14,17-19,21-23,26,28,39H,3-4,9-10,15-16,20,24-25,27,29-38H2,1-2H3,(H2,44,45,46)/b7-5-,8-6-,13-11-,14-12-,19-17-,21-18-,23-22-,28-26-/t39-/m1/s1. The van der Waals surface area contributed by atoms with Gasteiger partial charge in [-0.25, -0.2) is 4.57 Å². The van der Waals surface area contributed by atoms with Gasteiger partial charge in [0.15, 0.2) is 6.10 Å². The van der Waals surface area contributed by atoms with Crippen LogP contribution in [0.25, 0.3) is 0 Å². The van der Waals surface area contributed by atoms with Crippen LogP contribution in [0.1, 0.15) is 129 Å². The number of hydrogen-bond acceptors (Lipinski definition) is 6. The van der Waals surface area contributed by atoms with Crippen LogP contribution in [0.5, 0.6) is 0 Å². The van der Waals surface area contributed by atoms with Gasteiger partial charge in [-0.3, -0.25) is 14.1 Å². The molecule has 0 spiro atoms. The molecule has 9 heteroatoms. The van der Waals surface area contributed by atoms with Crippen LogP contribution in [0.2, 0.25) is 0 Å². The Balaban J connectivity index is 4.12. The van der Waals surface area contributed by atoms with Crippen molar-refractivity contribution in [2.24, 2.45) is 0 Å². The van der Waals surface area contributed by atoms with Gasteiger partial charge in [0.2, 0.25) is 0 Å². The van der Waals surface area contributed by atoms with Gasteiger partial charge < -0.3 is 19.3 Å². The second kappa shape index (κ2) is 35.8. The van der Waals surface area contributed by atoms with Gasteiger partial charge in [0.25, 0.3) is 0 Å². The lowest BCUT2D eigenvalue weighted by molar-refractivity contribution is -0.161. The van der Waals surface area contributed by atoms with Crippen molar-refractivity contribution in [1.29, 1.82) is 0 Å². The lowest BCUT2D eigenvalue weighted by Gasteiger charge is -2.18. The normalized spacial score (nSPS) is 13.6. The number of carbonyl (C=O) groups excluding carboxylic acids is 2. The van der Waals surface area contributed by atoms with Gasteiger partial charge in [-0.15, -0.1) is 0 Å². The van der Waals surface area contributed by atoms with Crippen LogP contribution >= 0.6 is 7.82 Å². The second-order valence-corrected chi connectivity index (χ2v) is 13.0. The van der Waals surface area contributed by atoms with Crippen LogP contribution in [0.15, 0.2) is 97.2 Å². The summed E-state index contributed by atoms with van der Waals surface area (Å²) in [5, 5.41) is 0. The highest BCUT2D eigenvalue weighted by molar-refractivity contribution is 7.46. The Morgan fingerprint density at radius 1 is 0.520 bits per heavy atom. The summed E-state index contributed by atoms with van der Waals surface area (Å²) in [6.45, 7) is 3.37. The molecular formula is C41H65O8P. The first kappa shape index (κ1) is 47.0.